The minimum atomic E-state index is -1.04. The second-order valence-electron chi connectivity index (χ2n) is 3.92. The van der Waals surface area contributed by atoms with Gasteiger partial charge in [0.05, 0.1) is 0 Å². The number of aliphatic carboxylic acids is 1. The molecule has 0 aliphatic carbocycles. The van der Waals surface area contributed by atoms with E-state index in [9.17, 15) is 15.0 Å². The number of carbonyl (C=O) groups excluding carboxylic acids is 1. The van der Waals surface area contributed by atoms with E-state index in [2.05, 4.69) is 0 Å². The van der Waals surface area contributed by atoms with Gasteiger partial charge in [-0.15, -0.1) is 0 Å². The van der Waals surface area contributed by atoms with Crippen LogP contribution in [0.4, 0.5) is 0 Å². The Bertz CT molecular complexity index is 352. The Morgan fingerprint density at radius 1 is 1.38 bits per heavy atom. The van der Waals surface area contributed by atoms with Crippen LogP contribution < -0.4 is 34.7 Å². The molecular weight excluding hydrogens is 215 g/mol. The standard InChI is InChI=1S/C12H16O3.Na/c1-8(9(2)12(14)15)7-10-5-3-4-6-11(10)13;/h3-6,8-9,13H,7H2,1-2H3,(H,14,15);/q;+1/p-1. The monoisotopic (exact) mass is 230 g/mol. The van der Waals surface area contributed by atoms with Crippen LogP contribution in [0, 0.1) is 11.8 Å². The summed E-state index contributed by atoms with van der Waals surface area (Å²) in [6.45, 7) is 3.47. The van der Waals surface area contributed by atoms with Crippen molar-refractivity contribution in [1.82, 2.24) is 0 Å². The molecule has 2 atom stereocenters. The number of hydrogen-bond donors (Lipinski definition) is 1. The average molecular weight is 230 g/mol. The number of aromatic hydroxyl groups is 1. The number of phenolic OH excluding ortho intramolecular Hbond substituents is 1. The van der Waals surface area contributed by atoms with Crippen molar-refractivity contribution >= 4 is 5.97 Å². The van der Waals surface area contributed by atoms with Gasteiger partial charge in [-0.25, -0.2) is 0 Å². The van der Waals surface area contributed by atoms with Gasteiger partial charge in [0, 0.05) is 5.97 Å². The Morgan fingerprint density at radius 3 is 2.44 bits per heavy atom. The molecule has 4 heteroatoms. The van der Waals surface area contributed by atoms with Crippen LogP contribution in [0.5, 0.6) is 5.75 Å². The summed E-state index contributed by atoms with van der Waals surface area (Å²) in [5, 5.41) is 20.2. The van der Waals surface area contributed by atoms with Crippen molar-refractivity contribution in [1.29, 1.82) is 0 Å². The van der Waals surface area contributed by atoms with Crippen LogP contribution in [0.1, 0.15) is 19.4 Å². The third-order valence-electron chi connectivity index (χ3n) is 2.76. The van der Waals surface area contributed by atoms with Crippen molar-refractivity contribution in [3.8, 4) is 5.75 Å². The summed E-state index contributed by atoms with van der Waals surface area (Å²) in [5.41, 5.74) is 0.776. The molecule has 0 aromatic heterocycles. The fourth-order valence-corrected chi connectivity index (χ4v) is 1.44. The molecule has 2 unspecified atom stereocenters. The predicted octanol–water partition coefficient (Wildman–Crippen LogP) is -2.04. The molecule has 0 saturated heterocycles. The van der Waals surface area contributed by atoms with Gasteiger partial charge in [-0.1, -0.05) is 32.0 Å². The van der Waals surface area contributed by atoms with Crippen LogP contribution in [-0.4, -0.2) is 11.1 Å². The molecule has 16 heavy (non-hydrogen) atoms. The summed E-state index contributed by atoms with van der Waals surface area (Å²) in [6, 6.07) is 6.97. The van der Waals surface area contributed by atoms with E-state index < -0.39 is 11.9 Å². The minimum Gasteiger partial charge on any atom is -0.550 e. The number of rotatable bonds is 4. The summed E-state index contributed by atoms with van der Waals surface area (Å²) in [5.74, 6) is -1.39. The Kier molecular flexibility index (Phi) is 6.72. The maximum absolute atomic E-state index is 10.6. The number of carboxylic acids is 1. The summed E-state index contributed by atoms with van der Waals surface area (Å²) in [7, 11) is 0. The third-order valence-corrected chi connectivity index (χ3v) is 2.76. The fourth-order valence-electron chi connectivity index (χ4n) is 1.44. The van der Waals surface area contributed by atoms with Crippen molar-refractivity contribution in [2.75, 3.05) is 0 Å². The minimum absolute atomic E-state index is 0. The van der Waals surface area contributed by atoms with Crippen molar-refractivity contribution < 1.29 is 44.6 Å². The van der Waals surface area contributed by atoms with Crippen LogP contribution in [0.15, 0.2) is 24.3 Å². The van der Waals surface area contributed by atoms with Gasteiger partial charge in [0.1, 0.15) is 5.75 Å². The normalized spacial score (nSPS) is 13.6. The van der Waals surface area contributed by atoms with E-state index in [1.807, 2.05) is 13.0 Å². The second kappa shape index (κ2) is 6.94. The van der Waals surface area contributed by atoms with Crippen LogP contribution in [-0.2, 0) is 11.2 Å². The molecule has 1 rings (SSSR count). The molecule has 0 aliphatic heterocycles. The van der Waals surface area contributed by atoms with Crippen LogP contribution in [0.3, 0.4) is 0 Å². The molecular formula is C12H15NaO3. The van der Waals surface area contributed by atoms with Crippen LogP contribution in [0.2, 0.25) is 0 Å². The molecule has 0 heterocycles. The van der Waals surface area contributed by atoms with Gasteiger partial charge in [-0.3, -0.25) is 0 Å². The topological polar surface area (TPSA) is 60.4 Å². The maximum atomic E-state index is 10.6. The van der Waals surface area contributed by atoms with Gasteiger partial charge in [-0.05, 0) is 29.9 Å². The van der Waals surface area contributed by atoms with Crippen molar-refractivity contribution in [2.24, 2.45) is 11.8 Å². The number of carbonyl (C=O) groups is 1. The molecule has 0 fully saturated rings. The average Bonchev–Trinajstić information content (AvgIpc) is 2.20. The zero-order chi connectivity index (χ0) is 11.4. The molecule has 0 bridgehead atoms. The second-order valence-corrected chi connectivity index (χ2v) is 3.92. The Hall–Kier alpha value is -0.510. The molecule has 0 amide bonds. The zero-order valence-corrected chi connectivity index (χ0v) is 11.9. The van der Waals surface area contributed by atoms with E-state index in [0.29, 0.717) is 6.42 Å². The summed E-state index contributed by atoms with van der Waals surface area (Å²) >= 11 is 0. The fraction of sp³-hybridized carbons (Fsp3) is 0.417. The molecule has 0 aliphatic rings. The molecule has 1 aromatic rings. The number of carboxylic acid groups (broad SMARTS) is 1. The Labute approximate surface area is 118 Å². The van der Waals surface area contributed by atoms with E-state index >= 15 is 0 Å². The Balaban J connectivity index is 0.00000225. The Morgan fingerprint density at radius 2 is 1.94 bits per heavy atom. The van der Waals surface area contributed by atoms with Gasteiger partial charge in [0.25, 0.3) is 0 Å². The third kappa shape index (κ3) is 4.16. The molecule has 1 aromatic carbocycles. The van der Waals surface area contributed by atoms with Crippen molar-refractivity contribution in [3.05, 3.63) is 29.8 Å². The molecule has 0 spiro atoms. The smallest absolute Gasteiger partial charge is 0.550 e. The molecule has 1 N–H and O–H groups in total. The SMILES string of the molecule is CC(Cc1ccccc1O)C(C)C(=O)[O-].[Na+]. The first kappa shape index (κ1) is 15.5. The van der Waals surface area contributed by atoms with Gasteiger partial charge in [-0.2, -0.15) is 0 Å². The van der Waals surface area contributed by atoms with Gasteiger partial charge < -0.3 is 15.0 Å². The van der Waals surface area contributed by atoms with Gasteiger partial charge >= 0.3 is 29.6 Å². The summed E-state index contributed by atoms with van der Waals surface area (Å²) < 4.78 is 0. The van der Waals surface area contributed by atoms with Gasteiger partial charge in [0.15, 0.2) is 0 Å². The first-order chi connectivity index (χ1) is 7.02. The molecule has 82 valence electrons. The molecule has 0 radical (unpaired) electrons. The maximum Gasteiger partial charge on any atom is 1.00 e. The first-order valence-corrected chi connectivity index (χ1v) is 5.00. The van der Waals surface area contributed by atoms with E-state index in [4.69, 9.17) is 0 Å². The van der Waals surface area contributed by atoms with Crippen LogP contribution in [0.25, 0.3) is 0 Å². The van der Waals surface area contributed by atoms with Crippen molar-refractivity contribution in [3.63, 3.8) is 0 Å². The zero-order valence-electron chi connectivity index (χ0n) is 9.93. The predicted molar refractivity (Wildman–Crippen MR) is 55.1 cm³/mol. The summed E-state index contributed by atoms with van der Waals surface area (Å²) in [4.78, 5) is 10.6. The number of hydrogen-bond acceptors (Lipinski definition) is 3. The molecule has 3 nitrogen and oxygen atoms in total. The van der Waals surface area contributed by atoms with E-state index in [0.717, 1.165) is 5.56 Å². The largest absolute Gasteiger partial charge is 1.00 e. The van der Waals surface area contributed by atoms with E-state index in [1.54, 1.807) is 25.1 Å². The number of phenols is 1. The van der Waals surface area contributed by atoms with Crippen molar-refractivity contribution in [2.45, 2.75) is 20.3 Å². The quantitative estimate of drug-likeness (QED) is 0.606. The number of benzene rings is 1. The number of para-hydroxylation sites is 1. The van der Waals surface area contributed by atoms with Gasteiger partial charge in [0.2, 0.25) is 0 Å². The summed E-state index contributed by atoms with van der Waals surface area (Å²) in [6.07, 6.45) is 0.543. The van der Waals surface area contributed by atoms with E-state index in [1.165, 1.54) is 0 Å². The molecule has 0 saturated carbocycles. The van der Waals surface area contributed by atoms with E-state index in [-0.39, 0.29) is 41.2 Å². The first-order valence-electron chi connectivity index (χ1n) is 5.00. The van der Waals surface area contributed by atoms with Crippen LogP contribution >= 0.6 is 0 Å².